The molecular weight excluding hydrogens is 337 g/mol. The molecule has 0 unspecified atom stereocenters. The first-order valence-electron chi connectivity index (χ1n) is 6.26. The Labute approximate surface area is 121 Å². The van der Waals surface area contributed by atoms with Gasteiger partial charge in [-0.3, -0.25) is 0 Å². The van der Waals surface area contributed by atoms with Gasteiger partial charge in [0.05, 0.1) is 15.5 Å². The van der Waals surface area contributed by atoms with Gasteiger partial charge in [0.25, 0.3) is 0 Å². The molecule has 0 radical (unpaired) electrons. The van der Waals surface area contributed by atoms with E-state index in [0.29, 0.717) is 0 Å². The molecule has 0 aliphatic heterocycles. The largest absolute Gasteiger partial charge is 0.310 e. The van der Waals surface area contributed by atoms with Crippen molar-refractivity contribution in [1.29, 1.82) is 0 Å². The van der Waals surface area contributed by atoms with Crippen molar-refractivity contribution in [3.63, 3.8) is 0 Å². The van der Waals surface area contributed by atoms with Crippen LogP contribution in [0, 0.1) is 10.5 Å². The van der Waals surface area contributed by atoms with Crippen LogP contribution < -0.4 is 5.32 Å². The first-order chi connectivity index (χ1) is 8.72. The van der Waals surface area contributed by atoms with Crippen LogP contribution in [0.2, 0.25) is 0 Å². The minimum absolute atomic E-state index is 0.733. The van der Waals surface area contributed by atoms with Crippen molar-refractivity contribution < 1.29 is 0 Å². The fourth-order valence-electron chi connectivity index (χ4n) is 2.05. The van der Waals surface area contributed by atoms with Crippen LogP contribution in [-0.2, 0) is 6.54 Å². The van der Waals surface area contributed by atoms with Crippen LogP contribution in [0.5, 0.6) is 0 Å². The van der Waals surface area contributed by atoms with Gasteiger partial charge in [0, 0.05) is 18.8 Å². The Kier molecular flexibility index (Phi) is 3.39. The predicted octanol–water partition coefficient (Wildman–Crippen LogP) is 3.04. The lowest BCUT2D eigenvalue weighted by Crippen LogP contribution is -2.17. The molecule has 0 atom stereocenters. The summed E-state index contributed by atoms with van der Waals surface area (Å²) in [4.78, 5) is 0. The average molecular weight is 353 g/mol. The number of hydrogen-bond donors (Lipinski definition) is 1. The number of hydrogen-bond acceptors (Lipinski definition) is 2. The average Bonchev–Trinajstić information content (AvgIpc) is 3.08. The van der Waals surface area contributed by atoms with Gasteiger partial charge in [-0.15, -0.1) is 0 Å². The molecule has 94 valence electrons. The Morgan fingerprint density at radius 3 is 2.94 bits per heavy atom. The zero-order valence-corrected chi connectivity index (χ0v) is 12.5. The fourth-order valence-corrected chi connectivity index (χ4v) is 2.44. The molecule has 0 saturated heterocycles. The third-order valence-electron chi connectivity index (χ3n) is 3.19. The van der Waals surface area contributed by atoms with E-state index in [1.165, 1.54) is 29.7 Å². The molecule has 2 aromatic rings. The number of aromatic nitrogens is 2. The van der Waals surface area contributed by atoms with Crippen LogP contribution >= 0.6 is 22.6 Å². The summed E-state index contributed by atoms with van der Waals surface area (Å²) in [6.07, 6.45) is 6.59. The van der Waals surface area contributed by atoms with Crippen molar-refractivity contribution >= 4 is 22.6 Å². The Hall–Kier alpha value is -0.880. The number of halogens is 1. The van der Waals surface area contributed by atoms with E-state index in [9.17, 15) is 0 Å². The summed E-state index contributed by atoms with van der Waals surface area (Å²) in [7, 11) is 0. The molecule has 1 heterocycles. The van der Waals surface area contributed by atoms with E-state index in [1.54, 1.807) is 0 Å². The minimum atomic E-state index is 0.733. The third kappa shape index (κ3) is 2.75. The van der Waals surface area contributed by atoms with Crippen molar-refractivity contribution in [3.05, 3.63) is 45.3 Å². The standard InChI is InChI=1S/C14H16IN3/c1-10-2-5-14(18-9-12(15)8-17-18)11(6-10)7-16-13-3-4-13/h2,5-6,8-9,13,16H,3-4,7H2,1H3. The molecule has 0 spiro atoms. The Morgan fingerprint density at radius 1 is 1.44 bits per heavy atom. The maximum Gasteiger partial charge on any atom is 0.0691 e. The number of aryl methyl sites for hydroxylation is 1. The highest BCUT2D eigenvalue weighted by molar-refractivity contribution is 14.1. The van der Waals surface area contributed by atoms with Gasteiger partial charge < -0.3 is 5.32 Å². The second-order valence-electron chi connectivity index (χ2n) is 4.89. The van der Waals surface area contributed by atoms with E-state index in [4.69, 9.17) is 0 Å². The van der Waals surface area contributed by atoms with Gasteiger partial charge in [-0.1, -0.05) is 17.7 Å². The van der Waals surface area contributed by atoms with Crippen molar-refractivity contribution in [2.75, 3.05) is 0 Å². The molecule has 1 aliphatic carbocycles. The summed E-state index contributed by atoms with van der Waals surface area (Å²) in [6.45, 7) is 3.06. The summed E-state index contributed by atoms with van der Waals surface area (Å²) >= 11 is 2.29. The zero-order chi connectivity index (χ0) is 12.5. The summed E-state index contributed by atoms with van der Waals surface area (Å²) < 4.78 is 3.12. The number of benzene rings is 1. The van der Waals surface area contributed by atoms with Crippen molar-refractivity contribution in [3.8, 4) is 5.69 Å². The first kappa shape index (κ1) is 12.2. The van der Waals surface area contributed by atoms with Crippen LogP contribution in [0.15, 0.2) is 30.6 Å². The van der Waals surface area contributed by atoms with Crippen LogP contribution in [0.4, 0.5) is 0 Å². The second-order valence-corrected chi connectivity index (χ2v) is 6.14. The van der Waals surface area contributed by atoms with E-state index < -0.39 is 0 Å². The summed E-state index contributed by atoms with van der Waals surface area (Å²) in [5.74, 6) is 0. The quantitative estimate of drug-likeness (QED) is 0.857. The summed E-state index contributed by atoms with van der Waals surface area (Å²) in [6, 6.07) is 7.28. The van der Waals surface area contributed by atoms with Crippen LogP contribution in [0.25, 0.3) is 5.69 Å². The molecule has 18 heavy (non-hydrogen) atoms. The second kappa shape index (κ2) is 5.01. The molecule has 0 amide bonds. The van der Waals surface area contributed by atoms with Gasteiger partial charge in [0.1, 0.15) is 0 Å². The Morgan fingerprint density at radius 2 is 2.28 bits per heavy atom. The predicted molar refractivity (Wildman–Crippen MR) is 80.9 cm³/mol. The maximum atomic E-state index is 4.40. The zero-order valence-electron chi connectivity index (χ0n) is 10.4. The van der Waals surface area contributed by atoms with Crippen LogP contribution in [0.1, 0.15) is 24.0 Å². The number of nitrogens with one attached hydrogen (secondary N) is 1. The smallest absolute Gasteiger partial charge is 0.0691 e. The normalized spacial score (nSPS) is 15.0. The van der Waals surface area contributed by atoms with Crippen molar-refractivity contribution in [2.24, 2.45) is 0 Å². The van der Waals surface area contributed by atoms with Crippen molar-refractivity contribution in [2.45, 2.75) is 32.4 Å². The highest BCUT2D eigenvalue weighted by Gasteiger charge is 2.20. The SMILES string of the molecule is Cc1ccc(-n2cc(I)cn2)c(CNC2CC2)c1. The molecular formula is C14H16IN3. The van der Waals surface area contributed by atoms with Crippen LogP contribution in [0.3, 0.4) is 0 Å². The van der Waals surface area contributed by atoms with Crippen LogP contribution in [-0.4, -0.2) is 15.8 Å². The summed E-state index contributed by atoms with van der Waals surface area (Å²) in [5.41, 5.74) is 3.80. The van der Waals surface area contributed by atoms with E-state index in [0.717, 1.165) is 16.2 Å². The molecule has 0 bridgehead atoms. The van der Waals surface area contributed by atoms with Crippen molar-refractivity contribution in [1.82, 2.24) is 15.1 Å². The number of rotatable bonds is 4. The topological polar surface area (TPSA) is 29.9 Å². The minimum Gasteiger partial charge on any atom is -0.310 e. The van der Waals surface area contributed by atoms with Gasteiger partial charge in [-0.25, -0.2) is 4.68 Å². The van der Waals surface area contributed by atoms with E-state index >= 15 is 0 Å². The summed E-state index contributed by atoms with van der Waals surface area (Å²) in [5, 5.41) is 7.97. The fraction of sp³-hybridized carbons (Fsp3) is 0.357. The Bertz CT molecular complexity index is 558. The number of nitrogens with zero attached hydrogens (tertiary/aromatic N) is 2. The van der Waals surface area contributed by atoms with Gasteiger partial charge in [-0.2, -0.15) is 5.10 Å². The molecule has 3 nitrogen and oxygen atoms in total. The highest BCUT2D eigenvalue weighted by Crippen LogP contribution is 2.22. The molecule has 1 aromatic heterocycles. The lowest BCUT2D eigenvalue weighted by Gasteiger charge is -2.11. The van der Waals surface area contributed by atoms with Gasteiger partial charge in [0.15, 0.2) is 0 Å². The lowest BCUT2D eigenvalue weighted by atomic mass is 10.1. The molecule has 1 saturated carbocycles. The molecule has 1 N–H and O–H groups in total. The van der Waals surface area contributed by atoms with Gasteiger partial charge in [-0.05, 0) is 54.0 Å². The van der Waals surface area contributed by atoms with E-state index in [2.05, 4.69) is 64.3 Å². The third-order valence-corrected chi connectivity index (χ3v) is 3.75. The maximum absolute atomic E-state index is 4.40. The molecule has 3 rings (SSSR count). The molecule has 1 fully saturated rings. The van der Waals surface area contributed by atoms with E-state index in [-0.39, 0.29) is 0 Å². The molecule has 4 heteroatoms. The first-order valence-corrected chi connectivity index (χ1v) is 7.34. The molecule has 1 aliphatic rings. The Balaban J connectivity index is 1.91. The highest BCUT2D eigenvalue weighted by atomic mass is 127. The van der Waals surface area contributed by atoms with Gasteiger partial charge in [0.2, 0.25) is 0 Å². The monoisotopic (exact) mass is 353 g/mol. The van der Waals surface area contributed by atoms with E-state index in [1.807, 2.05) is 10.9 Å². The lowest BCUT2D eigenvalue weighted by molar-refractivity contribution is 0.681. The van der Waals surface area contributed by atoms with Gasteiger partial charge >= 0.3 is 0 Å². The molecule has 1 aromatic carbocycles.